The van der Waals surface area contributed by atoms with Crippen LogP contribution in [0.25, 0.3) is 0 Å². The molecule has 0 radical (unpaired) electrons. The first kappa shape index (κ1) is 14.1. The summed E-state index contributed by atoms with van der Waals surface area (Å²) in [4.78, 5) is 1.40. The molecule has 1 heterocycles. The Kier molecular flexibility index (Phi) is 4.45. The zero-order valence-electron chi connectivity index (χ0n) is 11.7. The third-order valence-corrected chi connectivity index (χ3v) is 5.54. The standard InChI is InChI=1S/C17H20ClNS/c1-19-17-13(11-14-9-10-16(18)20-14)7-4-6-12-5-2-3-8-15(12)17/h2-3,5,8-10,13,17,19H,4,6-7,11H2,1H3. The second kappa shape index (κ2) is 6.30. The number of hydrogen-bond donors (Lipinski definition) is 1. The van der Waals surface area contributed by atoms with Crippen molar-refractivity contribution < 1.29 is 0 Å². The third kappa shape index (κ3) is 2.93. The Labute approximate surface area is 130 Å². The van der Waals surface area contributed by atoms with Gasteiger partial charge in [0.15, 0.2) is 0 Å². The molecule has 0 bridgehead atoms. The van der Waals surface area contributed by atoms with Gasteiger partial charge in [0.05, 0.1) is 4.34 Å². The van der Waals surface area contributed by atoms with Crippen molar-refractivity contribution in [3.8, 4) is 0 Å². The van der Waals surface area contributed by atoms with Crippen molar-refractivity contribution in [2.75, 3.05) is 7.05 Å². The summed E-state index contributed by atoms with van der Waals surface area (Å²) < 4.78 is 0.898. The fourth-order valence-electron chi connectivity index (χ4n) is 3.37. The highest BCUT2D eigenvalue weighted by Crippen LogP contribution is 2.36. The highest BCUT2D eigenvalue weighted by Gasteiger charge is 2.26. The summed E-state index contributed by atoms with van der Waals surface area (Å²) in [6.07, 6.45) is 4.88. The van der Waals surface area contributed by atoms with Crippen LogP contribution in [0.1, 0.15) is 34.9 Å². The molecular weight excluding hydrogens is 286 g/mol. The van der Waals surface area contributed by atoms with Crippen LogP contribution in [0.3, 0.4) is 0 Å². The molecule has 2 unspecified atom stereocenters. The second-order valence-electron chi connectivity index (χ2n) is 5.53. The lowest BCUT2D eigenvalue weighted by atomic mass is 9.88. The van der Waals surface area contributed by atoms with E-state index in [2.05, 4.69) is 42.7 Å². The molecule has 106 valence electrons. The fraction of sp³-hybridized carbons (Fsp3) is 0.412. The maximum atomic E-state index is 6.06. The number of halogens is 1. The van der Waals surface area contributed by atoms with Crippen LogP contribution in [0, 0.1) is 5.92 Å². The van der Waals surface area contributed by atoms with Gasteiger partial charge < -0.3 is 5.32 Å². The number of hydrogen-bond acceptors (Lipinski definition) is 2. The predicted molar refractivity (Wildman–Crippen MR) is 87.7 cm³/mol. The molecule has 0 saturated carbocycles. The molecule has 20 heavy (non-hydrogen) atoms. The smallest absolute Gasteiger partial charge is 0.0931 e. The molecular formula is C17H20ClNS. The van der Waals surface area contributed by atoms with Crippen LogP contribution >= 0.6 is 22.9 Å². The van der Waals surface area contributed by atoms with Gasteiger partial charge in [0.1, 0.15) is 0 Å². The van der Waals surface area contributed by atoms with Crippen LogP contribution in [0.15, 0.2) is 36.4 Å². The molecule has 0 amide bonds. The van der Waals surface area contributed by atoms with E-state index in [0.717, 1.165) is 10.8 Å². The number of thiophene rings is 1. The monoisotopic (exact) mass is 305 g/mol. The molecule has 1 N–H and O–H groups in total. The average molecular weight is 306 g/mol. The Bertz CT molecular complexity index is 578. The van der Waals surface area contributed by atoms with Crippen molar-refractivity contribution >= 4 is 22.9 Å². The van der Waals surface area contributed by atoms with Crippen LogP contribution in [0.5, 0.6) is 0 Å². The summed E-state index contributed by atoms with van der Waals surface area (Å²) >= 11 is 7.78. The van der Waals surface area contributed by atoms with Crippen molar-refractivity contribution in [3.05, 3.63) is 56.7 Å². The Morgan fingerprint density at radius 3 is 2.85 bits per heavy atom. The summed E-state index contributed by atoms with van der Waals surface area (Å²) in [5.74, 6) is 0.651. The number of nitrogens with one attached hydrogen (secondary N) is 1. The van der Waals surface area contributed by atoms with E-state index in [4.69, 9.17) is 11.6 Å². The summed E-state index contributed by atoms with van der Waals surface area (Å²) in [6, 6.07) is 13.5. The maximum absolute atomic E-state index is 6.06. The van der Waals surface area contributed by atoms with Crippen LogP contribution in [0.4, 0.5) is 0 Å². The van der Waals surface area contributed by atoms with Gasteiger partial charge in [0, 0.05) is 10.9 Å². The van der Waals surface area contributed by atoms with Crippen LogP contribution in [-0.2, 0) is 12.8 Å². The SMILES string of the molecule is CNC1c2ccccc2CCCC1Cc1ccc(Cl)s1. The van der Waals surface area contributed by atoms with E-state index in [9.17, 15) is 0 Å². The Hall–Kier alpha value is -0.830. The van der Waals surface area contributed by atoms with Crippen molar-refractivity contribution in [1.82, 2.24) is 5.32 Å². The molecule has 1 aromatic heterocycles. The van der Waals surface area contributed by atoms with E-state index in [-0.39, 0.29) is 0 Å². The Balaban J connectivity index is 1.87. The topological polar surface area (TPSA) is 12.0 Å². The highest BCUT2D eigenvalue weighted by atomic mass is 35.5. The predicted octanol–water partition coefficient (Wildman–Crippen LogP) is 4.86. The van der Waals surface area contributed by atoms with Gasteiger partial charge in [0.25, 0.3) is 0 Å². The van der Waals surface area contributed by atoms with Gasteiger partial charge >= 0.3 is 0 Å². The zero-order valence-corrected chi connectivity index (χ0v) is 13.3. The normalized spacial score (nSPS) is 22.3. The first-order valence-corrected chi connectivity index (χ1v) is 8.46. The van der Waals surface area contributed by atoms with E-state index in [1.165, 1.54) is 35.3 Å². The van der Waals surface area contributed by atoms with Crippen LogP contribution < -0.4 is 5.32 Å². The summed E-state index contributed by atoms with van der Waals surface area (Å²) in [5.41, 5.74) is 3.00. The van der Waals surface area contributed by atoms with Gasteiger partial charge in [-0.05, 0) is 61.9 Å². The molecule has 1 aromatic carbocycles. The van der Waals surface area contributed by atoms with Crippen molar-refractivity contribution in [3.63, 3.8) is 0 Å². The van der Waals surface area contributed by atoms with Gasteiger partial charge in [-0.25, -0.2) is 0 Å². The molecule has 3 heteroatoms. The molecule has 0 spiro atoms. The maximum Gasteiger partial charge on any atom is 0.0931 e. The summed E-state index contributed by atoms with van der Waals surface area (Å²) in [6.45, 7) is 0. The molecule has 1 nitrogen and oxygen atoms in total. The molecule has 2 aromatic rings. The quantitative estimate of drug-likeness (QED) is 0.799. The molecule has 2 atom stereocenters. The first-order chi connectivity index (χ1) is 9.78. The van der Waals surface area contributed by atoms with Gasteiger partial charge in [-0.2, -0.15) is 0 Å². The van der Waals surface area contributed by atoms with Crippen molar-refractivity contribution in [2.45, 2.75) is 31.7 Å². The lowest BCUT2D eigenvalue weighted by Gasteiger charge is -2.26. The van der Waals surface area contributed by atoms with Gasteiger partial charge in [-0.15, -0.1) is 11.3 Å². The zero-order chi connectivity index (χ0) is 13.9. The second-order valence-corrected chi connectivity index (χ2v) is 7.33. The van der Waals surface area contributed by atoms with E-state index in [1.54, 1.807) is 11.3 Å². The van der Waals surface area contributed by atoms with E-state index in [1.807, 2.05) is 6.07 Å². The van der Waals surface area contributed by atoms with E-state index < -0.39 is 0 Å². The fourth-order valence-corrected chi connectivity index (χ4v) is 4.55. The number of benzene rings is 1. The van der Waals surface area contributed by atoms with Crippen molar-refractivity contribution in [2.24, 2.45) is 5.92 Å². The minimum absolute atomic E-state index is 0.453. The lowest BCUT2D eigenvalue weighted by Crippen LogP contribution is -2.26. The summed E-state index contributed by atoms with van der Waals surface area (Å²) in [7, 11) is 2.08. The molecule has 3 rings (SSSR count). The molecule has 0 fully saturated rings. The third-order valence-electron chi connectivity index (χ3n) is 4.29. The molecule has 1 aliphatic carbocycles. The van der Waals surface area contributed by atoms with Crippen LogP contribution in [-0.4, -0.2) is 7.05 Å². The largest absolute Gasteiger partial charge is 0.313 e. The summed E-state index contributed by atoms with van der Waals surface area (Å²) in [5, 5.41) is 3.55. The van der Waals surface area contributed by atoms with Crippen molar-refractivity contribution in [1.29, 1.82) is 0 Å². The minimum atomic E-state index is 0.453. The average Bonchev–Trinajstić information content (AvgIpc) is 2.78. The van der Waals surface area contributed by atoms with E-state index in [0.29, 0.717) is 12.0 Å². The van der Waals surface area contributed by atoms with E-state index >= 15 is 0 Å². The van der Waals surface area contributed by atoms with Gasteiger partial charge in [0.2, 0.25) is 0 Å². The van der Waals surface area contributed by atoms with Crippen LogP contribution in [0.2, 0.25) is 4.34 Å². The minimum Gasteiger partial charge on any atom is -0.313 e. The highest BCUT2D eigenvalue weighted by molar-refractivity contribution is 7.16. The Morgan fingerprint density at radius 2 is 2.10 bits per heavy atom. The Morgan fingerprint density at radius 1 is 1.25 bits per heavy atom. The van der Waals surface area contributed by atoms with Gasteiger partial charge in [-0.1, -0.05) is 35.9 Å². The van der Waals surface area contributed by atoms with Gasteiger partial charge in [-0.3, -0.25) is 0 Å². The first-order valence-electron chi connectivity index (χ1n) is 7.27. The molecule has 1 aliphatic rings. The molecule has 0 saturated heterocycles. The molecule has 0 aliphatic heterocycles. The number of rotatable bonds is 3. The number of aryl methyl sites for hydroxylation is 1. The number of fused-ring (bicyclic) bond motifs is 1. The lowest BCUT2D eigenvalue weighted by molar-refractivity contribution is 0.361.